The molecule has 188 valence electrons. The lowest BCUT2D eigenvalue weighted by Gasteiger charge is -2.26. The number of morpholine rings is 1. The van der Waals surface area contributed by atoms with Crippen molar-refractivity contribution in [1.82, 2.24) is 4.90 Å². The van der Waals surface area contributed by atoms with Gasteiger partial charge in [0.1, 0.15) is 5.82 Å². The second-order valence-corrected chi connectivity index (χ2v) is 7.53. The Kier molecular flexibility index (Phi) is 9.50. The second kappa shape index (κ2) is 12.8. The average molecular weight is 493 g/mol. The van der Waals surface area contributed by atoms with Crippen molar-refractivity contribution < 1.29 is 37.0 Å². The van der Waals surface area contributed by atoms with E-state index in [1.807, 2.05) is 0 Å². The molecule has 0 aliphatic carbocycles. The number of para-hydroxylation sites is 1. The first kappa shape index (κ1) is 26.0. The number of carbonyl (C=O) groups is 2. The van der Waals surface area contributed by atoms with Gasteiger partial charge in [-0.2, -0.15) is 8.78 Å². The highest BCUT2D eigenvalue weighted by Crippen LogP contribution is 2.33. The predicted molar refractivity (Wildman–Crippen MR) is 124 cm³/mol. The van der Waals surface area contributed by atoms with Gasteiger partial charge in [0.2, 0.25) is 11.8 Å². The molecule has 2 N–H and O–H groups in total. The molecule has 1 aliphatic heterocycles. The zero-order chi connectivity index (χ0) is 25.2. The van der Waals surface area contributed by atoms with Crippen molar-refractivity contribution in [3.05, 3.63) is 53.9 Å². The van der Waals surface area contributed by atoms with Crippen molar-refractivity contribution in [3.8, 4) is 11.5 Å². The molecule has 1 heterocycles. The molecule has 0 radical (unpaired) electrons. The molecule has 2 amide bonds. The van der Waals surface area contributed by atoms with E-state index in [2.05, 4.69) is 20.3 Å². The van der Waals surface area contributed by atoms with E-state index in [1.54, 1.807) is 6.07 Å². The van der Waals surface area contributed by atoms with E-state index in [9.17, 15) is 22.8 Å². The number of ether oxygens (including phenoxy) is 3. The fourth-order valence-electron chi connectivity index (χ4n) is 3.39. The van der Waals surface area contributed by atoms with Crippen LogP contribution in [-0.2, 0) is 14.3 Å². The summed E-state index contributed by atoms with van der Waals surface area (Å²) >= 11 is 0. The Morgan fingerprint density at radius 2 is 1.94 bits per heavy atom. The minimum absolute atomic E-state index is 0.0702. The van der Waals surface area contributed by atoms with Crippen molar-refractivity contribution in [2.45, 2.75) is 13.0 Å². The molecule has 1 aliphatic rings. The van der Waals surface area contributed by atoms with E-state index < -0.39 is 18.3 Å². The third-order valence-corrected chi connectivity index (χ3v) is 5.12. The molecule has 0 saturated carbocycles. The number of benzene rings is 2. The Labute approximate surface area is 200 Å². The summed E-state index contributed by atoms with van der Waals surface area (Å²) in [6.07, 6.45) is 2.58. The molecule has 0 spiro atoms. The van der Waals surface area contributed by atoms with Crippen LogP contribution >= 0.6 is 0 Å². The Balaban J connectivity index is 1.61. The van der Waals surface area contributed by atoms with E-state index >= 15 is 0 Å². The summed E-state index contributed by atoms with van der Waals surface area (Å²) in [5.41, 5.74) is 0.366. The van der Waals surface area contributed by atoms with Gasteiger partial charge in [-0.3, -0.25) is 14.5 Å². The highest BCUT2D eigenvalue weighted by Gasteiger charge is 2.15. The minimum Gasteiger partial charge on any atom is -0.493 e. The second-order valence-electron chi connectivity index (χ2n) is 7.53. The average Bonchev–Trinajstić information content (AvgIpc) is 2.84. The topological polar surface area (TPSA) is 89.1 Å². The standard InChI is InChI=1S/C24H26F3N3O5/c1-33-20-4-2-3-16(23(20)35-24(26)27)5-8-21(31)28-17-6-7-18(25)19(15-17)29-22(32)9-10-30-11-13-34-14-12-30/h2-8,15,24H,9-14H2,1H3,(H,28,31)(H,29,32). The third-order valence-electron chi connectivity index (χ3n) is 5.12. The Hall–Kier alpha value is -3.57. The van der Waals surface area contributed by atoms with Gasteiger partial charge in [0.25, 0.3) is 0 Å². The minimum atomic E-state index is -3.08. The maximum absolute atomic E-state index is 14.2. The van der Waals surface area contributed by atoms with Crippen LogP contribution in [0.2, 0.25) is 0 Å². The molecule has 1 fully saturated rings. The van der Waals surface area contributed by atoms with Crippen molar-refractivity contribution in [1.29, 1.82) is 0 Å². The van der Waals surface area contributed by atoms with E-state index in [1.165, 1.54) is 37.5 Å². The van der Waals surface area contributed by atoms with Crippen LogP contribution < -0.4 is 20.1 Å². The molecule has 8 nitrogen and oxygen atoms in total. The molecule has 0 bridgehead atoms. The summed E-state index contributed by atoms with van der Waals surface area (Å²) in [6.45, 7) is 0.161. The Bertz CT molecular complexity index is 1060. The molecule has 0 unspecified atom stereocenters. The largest absolute Gasteiger partial charge is 0.493 e. The number of carbonyl (C=O) groups excluding carboxylic acids is 2. The number of rotatable bonds is 10. The van der Waals surface area contributed by atoms with Gasteiger partial charge in [-0.1, -0.05) is 12.1 Å². The van der Waals surface area contributed by atoms with Crippen LogP contribution in [0.25, 0.3) is 6.08 Å². The van der Waals surface area contributed by atoms with E-state index in [0.717, 1.165) is 25.2 Å². The molecule has 0 aromatic heterocycles. The predicted octanol–water partition coefficient (Wildman–Crippen LogP) is 3.75. The van der Waals surface area contributed by atoms with Gasteiger partial charge in [-0.05, 0) is 30.3 Å². The maximum atomic E-state index is 14.2. The number of hydrogen-bond acceptors (Lipinski definition) is 6. The number of nitrogens with one attached hydrogen (secondary N) is 2. The van der Waals surface area contributed by atoms with Crippen LogP contribution in [0.15, 0.2) is 42.5 Å². The molecule has 2 aromatic carbocycles. The van der Waals surface area contributed by atoms with Gasteiger partial charge in [0.05, 0.1) is 26.0 Å². The molecule has 2 aromatic rings. The smallest absolute Gasteiger partial charge is 0.387 e. The third kappa shape index (κ3) is 8.01. The SMILES string of the molecule is COc1cccc(C=CC(=O)Nc2ccc(F)c(NC(=O)CCN3CCOCC3)c2)c1OC(F)F. The molecule has 35 heavy (non-hydrogen) atoms. The number of amides is 2. The first-order valence-corrected chi connectivity index (χ1v) is 10.9. The number of methoxy groups -OCH3 is 1. The summed E-state index contributed by atoms with van der Waals surface area (Å²) in [7, 11) is 1.31. The van der Waals surface area contributed by atoms with Crippen LogP contribution in [0.5, 0.6) is 11.5 Å². The Morgan fingerprint density at radius 1 is 1.17 bits per heavy atom. The molecule has 0 atom stereocenters. The molecular formula is C24H26F3N3O5. The highest BCUT2D eigenvalue weighted by atomic mass is 19.3. The number of anilines is 2. The van der Waals surface area contributed by atoms with Gasteiger partial charge in [0.15, 0.2) is 11.5 Å². The van der Waals surface area contributed by atoms with Gasteiger partial charge in [-0.25, -0.2) is 4.39 Å². The van der Waals surface area contributed by atoms with E-state index in [0.29, 0.717) is 19.8 Å². The van der Waals surface area contributed by atoms with Crippen molar-refractivity contribution in [3.63, 3.8) is 0 Å². The summed E-state index contributed by atoms with van der Waals surface area (Å²) in [5.74, 6) is -1.74. The first-order valence-electron chi connectivity index (χ1n) is 10.9. The fourth-order valence-corrected chi connectivity index (χ4v) is 3.39. The quantitative estimate of drug-likeness (QED) is 0.490. The van der Waals surface area contributed by atoms with Crippen LogP contribution in [0.3, 0.4) is 0 Å². The summed E-state index contributed by atoms with van der Waals surface area (Å²) in [5, 5.41) is 5.06. The first-order chi connectivity index (χ1) is 16.9. The lowest BCUT2D eigenvalue weighted by atomic mass is 10.1. The molecule has 3 rings (SSSR count). The van der Waals surface area contributed by atoms with Gasteiger partial charge < -0.3 is 24.8 Å². The molecule has 1 saturated heterocycles. The van der Waals surface area contributed by atoms with Gasteiger partial charge in [-0.15, -0.1) is 0 Å². The van der Waals surface area contributed by atoms with Crippen molar-refractivity contribution in [2.75, 3.05) is 50.6 Å². The van der Waals surface area contributed by atoms with Crippen LogP contribution in [-0.4, -0.2) is 63.3 Å². The van der Waals surface area contributed by atoms with Crippen LogP contribution in [0, 0.1) is 5.82 Å². The number of alkyl halides is 2. The number of nitrogens with zero attached hydrogens (tertiary/aromatic N) is 1. The number of halogens is 3. The van der Waals surface area contributed by atoms with Gasteiger partial charge in [0, 0.05) is 43.4 Å². The van der Waals surface area contributed by atoms with E-state index in [-0.39, 0.29) is 40.8 Å². The van der Waals surface area contributed by atoms with Crippen molar-refractivity contribution in [2.24, 2.45) is 0 Å². The highest BCUT2D eigenvalue weighted by molar-refractivity contribution is 6.02. The lowest BCUT2D eigenvalue weighted by molar-refractivity contribution is -0.116. The molecule has 11 heteroatoms. The van der Waals surface area contributed by atoms with Crippen molar-refractivity contribution >= 4 is 29.3 Å². The zero-order valence-electron chi connectivity index (χ0n) is 19.1. The molecular weight excluding hydrogens is 467 g/mol. The monoisotopic (exact) mass is 493 g/mol. The Morgan fingerprint density at radius 3 is 2.66 bits per heavy atom. The maximum Gasteiger partial charge on any atom is 0.387 e. The van der Waals surface area contributed by atoms with Crippen LogP contribution in [0.1, 0.15) is 12.0 Å². The number of hydrogen-bond donors (Lipinski definition) is 2. The van der Waals surface area contributed by atoms with Gasteiger partial charge >= 0.3 is 6.61 Å². The summed E-state index contributed by atoms with van der Waals surface area (Å²) in [6, 6.07) is 8.24. The normalized spacial score (nSPS) is 14.2. The summed E-state index contributed by atoms with van der Waals surface area (Å²) < 4.78 is 54.5. The lowest BCUT2D eigenvalue weighted by Crippen LogP contribution is -2.38. The summed E-state index contributed by atoms with van der Waals surface area (Å²) in [4.78, 5) is 26.7. The van der Waals surface area contributed by atoms with Crippen LogP contribution in [0.4, 0.5) is 24.5 Å². The van der Waals surface area contributed by atoms with E-state index in [4.69, 9.17) is 9.47 Å². The zero-order valence-corrected chi connectivity index (χ0v) is 19.1. The fraction of sp³-hybridized carbons (Fsp3) is 0.333.